The maximum absolute atomic E-state index is 12.1. The third kappa shape index (κ3) is 7.18. The van der Waals surface area contributed by atoms with Crippen LogP contribution in [0.4, 0.5) is 0 Å². The van der Waals surface area contributed by atoms with Gasteiger partial charge in [0.2, 0.25) is 5.91 Å². The number of amides is 1. The highest BCUT2D eigenvalue weighted by Crippen LogP contribution is 2.18. The van der Waals surface area contributed by atoms with E-state index in [9.17, 15) is 9.59 Å². The van der Waals surface area contributed by atoms with Crippen molar-refractivity contribution < 1.29 is 14.3 Å². The summed E-state index contributed by atoms with van der Waals surface area (Å²) in [6, 6.07) is 10.1. The fourth-order valence-corrected chi connectivity index (χ4v) is 2.74. The van der Waals surface area contributed by atoms with Crippen LogP contribution in [0.5, 0.6) is 0 Å². The largest absolute Gasteiger partial charge is 0.468 e. The Morgan fingerprint density at radius 1 is 1.24 bits per heavy atom. The summed E-state index contributed by atoms with van der Waals surface area (Å²) in [5, 5.41) is 0. The molecule has 0 atom stereocenters. The standard InChI is InChI=1S/C16H23NO3S/c1-3-11-17(13-16(19)20-2)15(18)10-7-12-21-14-8-5-4-6-9-14/h4-6,8-9H,3,7,10-13H2,1-2H3. The Labute approximate surface area is 130 Å². The van der Waals surface area contributed by atoms with Gasteiger partial charge >= 0.3 is 5.97 Å². The van der Waals surface area contributed by atoms with Gasteiger partial charge < -0.3 is 9.64 Å². The summed E-state index contributed by atoms with van der Waals surface area (Å²) in [4.78, 5) is 26.2. The summed E-state index contributed by atoms with van der Waals surface area (Å²) < 4.78 is 4.62. The second-order valence-corrected chi connectivity index (χ2v) is 5.82. The number of hydrogen-bond donors (Lipinski definition) is 0. The fourth-order valence-electron chi connectivity index (χ4n) is 1.87. The molecular formula is C16H23NO3S. The van der Waals surface area contributed by atoms with E-state index in [-0.39, 0.29) is 18.4 Å². The van der Waals surface area contributed by atoms with Gasteiger partial charge in [-0.15, -0.1) is 11.8 Å². The number of thioether (sulfide) groups is 1. The molecule has 0 unspecified atom stereocenters. The smallest absolute Gasteiger partial charge is 0.325 e. The molecule has 0 bridgehead atoms. The van der Waals surface area contributed by atoms with Crippen molar-refractivity contribution in [2.45, 2.75) is 31.1 Å². The molecule has 1 aromatic carbocycles. The van der Waals surface area contributed by atoms with Gasteiger partial charge in [0.05, 0.1) is 7.11 Å². The summed E-state index contributed by atoms with van der Waals surface area (Å²) >= 11 is 1.74. The Kier molecular flexibility index (Phi) is 8.59. The molecule has 4 nitrogen and oxygen atoms in total. The summed E-state index contributed by atoms with van der Waals surface area (Å²) in [5.74, 6) is 0.555. The lowest BCUT2D eigenvalue weighted by Gasteiger charge is -2.20. The first kappa shape index (κ1) is 17.6. The number of carbonyl (C=O) groups excluding carboxylic acids is 2. The molecule has 21 heavy (non-hydrogen) atoms. The van der Waals surface area contributed by atoms with Gasteiger partial charge in [-0.3, -0.25) is 9.59 Å². The average Bonchev–Trinajstić information content (AvgIpc) is 2.51. The predicted octanol–water partition coefficient (Wildman–Crippen LogP) is 2.97. The molecule has 0 saturated heterocycles. The van der Waals surface area contributed by atoms with Crippen molar-refractivity contribution in [3.05, 3.63) is 30.3 Å². The lowest BCUT2D eigenvalue weighted by Crippen LogP contribution is -2.36. The van der Waals surface area contributed by atoms with Crippen molar-refractivity contribution in [3.8, 4) is 0 Å². The molecule has 0 aliphatic carbocycles. The molecule has 0 aliphatic heterocycles. The first-order valence-electron chi connectivity index (χ1n) is 7.19. The lowest BCUT2D eigenvalue weighted by molar-refractivity contribution is -0.147. The van der Waals surface area contributed by atoms with Crippen LogP contribution in [0.15, 0.2) is 35.2 Å². The number of hydrogen-bond acceptors (Lipinski definition) is 4. The van der Waals surface area contributed by atoms with Crippen molar-refractivity contribution in [1.82, 2.24) is 4.90 Å². The highest BCUT2D eigenvalue weighted by Gasteiger charge is 2.16. The predicted molar refractivity (Wildman–Crippen MR) is 85.3 cm³/mol. The van der Waals surface area contributed by atoms with Crippen molar-refractivity contribution in [3.63, 3.8) is 0 Å². The van der Waals surface area contributed by atoms with Gasteiger partial charge in [-0.1, -0.05) is 25.1 Å². The molecule has 0 saturated carbocycles. The molecule has 0 aliphatic rings. The van der Waals surface area contributed by atoms with Crippen LogP contribution in [-0.2, 0) is 14.3 Å². The normalized spacial score (nSPS) is 10.2. The maximum Gasteiger partial charge on any atom is 0.325 e. The quantitative estimate of drug-likeness (QED) is 0.400. The minimum Gasteiger partial charge on any atom is -0.468 e. The van der Waals surface area contributed by atoms with E-state index in [1.807, 2.05) is 25.1 Å². The minimum absolute atomic E-state index is 0.0240. The zero-order valence-electron chi connectivity index (χ0n) is 12.7. The van der Waals surface area contributed by atoms with Gasteiger partial charge in [-0.05, 0) is 30.7 Å². The molecule has 1 rings (SSSR count). The summed E-state index contributed by atoms with van der Waals surface area (Å²) in [5.41, 5.74) is 0. The molecule has 0 radical (unpaired) electrons. The van der Waals surface area contributed by atoms with Crippen molar-refractivity contribution in [2.75, 3.05) is 26.0 Å². The zero-order chi connectivity index (χ0) is 15.5. The molecule has 0 N–H and O–H groups in total. The van der Waals surface area contributed by atoms with E-state index in [2.05, 4.69) is 16.9 Å². The molecule has 1 aromatic rings. The van der Waals surface area contributed by atoms with E-state index in [4.69, 9.17) is 0 Å². The average molecular weight is 309 g/mol. The molecular weight excluding hydrogens is 286 g/mol. The summed E-state index contributed by atoms with van der Waals surface area (Å²) in [6.45, 7) is 2.64. The Morgan fingerprint density at radius 3 is 2.57 bits per heavy atom. The summed E-state index contributed by atoms with van der Waals surface area (Å²) in [6.07, 6.45) is 2.11. The van der Waals surface area contributed by atoms with Crippen LogP contribution < -0.4 is 0 Å². The molecule has 0 spiro atoms. The van der Waals surface area contributed by atoms with Crippen LogP contribution in [0.2, 0.25) is 0 Å². The van der Waals surface area contributed by atoms with Gasteiger partial charge in [0.15, 0.2) is 0 Å². The van der Waals surface area contributed by atoms with Crippen LogP contribution in [0.1, 0.15) is 26.2 Å². The van der Waals surface area contributed by atoms with E-state index < -0.39 is 0 Å². The van der Waals surface area contributed by atoms with E-state index in [1.54, 1.807) is 16.7 Å². The van der Waals surface area contributed by atoms with Gasteiger partial charge in [-0.25, -0.2) is 0 Å². The Morgan fingerprint density at radius 2 is 1.95 bits per heavy atom. The maximum atomic E-state index is 12.1. The first-order chi connectivity index (χ1) is 10.2. The Hall–Kier alpha value is -1.49. The van der Waals surface area contributed by atoms with E-state index in [0.29, 0.717) is 13.0 Å². The highest BCUT2D eigenvalue weighted by atomic mass is 32.2. The molecule has 0 aromatic heterocycles. The number of methoxy groups -OCH3 is 1. The van der Waals surface area contributed by atoms with E-state index in [1.165, 1.54) is 12.0 Å². The number of carbonyl (C=O) groups is 2. The van der Waals surface area contributed by atoms with E-state index >= 15 is 0 Å². The van der Waals surface area contributed by atoms with Crippen LogP contribution in [-0.4, -0.2) is 42.7 Å². The molecule has 116 valence electrons. The SMILES string of the molecule is CCCN(CC(=O)OC)C(=O)CCCSc1ccccc1. The van der Waals surface area contributed by atoms with Crippen LogP contribution in [0, 0.1) is 0 Å². The topological polar surface area (TPSA) is 46.6 Å². The van der Waals surface area contributed by atoms with Crippen molar-refractivity contribution >= 4 is 23.6 Å². The van der Waals surface area contributed by atoms with Crippen LogP contribution in [0.25, 0.3) is 0 Å². The molecule has 0 heterocycles. The Balaban J connectivity index is 2.31. The van der Waals surface area contributed by atoms with Crippen LogP contribution >= 0.6 is 11.8 Å². The van der Waals surface area contributed by atoms with E-state index in [0.717, 1.165) is 18.6 Å². The van der Waals surface area contributed by atoms with Gasteiger partial charge in [0.1, 0.15) is 6.54 Å². The molecule has 5 heteroatoms. The highest BCUT2D eigenvalue weighted by molar-refractivity contribution is 7.99. The number of benzene rings is 1. The fraction of sp³-hybridized carbons (Fsp3) is 0.500. The zero-order valence-corrected chi connectivity index (χ0v) is 13.5. The second-order valence-electron chi connectivity index (χ2n) is 4.66. The second kappa shape index (κ2) is 10.3. The van der Waals surface area contributed by atoms with Gasteiger partial charge in [0, 0.05) is 17.9 Å². The number of ether oxygens (including phenoxy) is 1. The molecule has 1 amide bonds. The first-order valence-corrected chi connectivity index (χ1v) is 8.18. The van der Waals surface area contributed by atoms with Gasteiger partial charge in [0.25, 0.3) is 0 Å². The third-order valence-electron chi connectivity index (χ3n) is 2.94. The minimum atomic E-state index is -0.365. The lowest BCUT2D eigenvalue weighted by atomic mass is 10.3. The van der Waals surface area contributed by atoms with Crippen LogP contribution in [0.3, 0.4) is 0 Å². The monoisotopic (exact) mass is 309 g/mol. The van der Waals surface area contributed by atoms with Crippen molar-refractivity contribution in [1.29, 1.82) is 0 Å². The number of rotatable bonds is 9. The number of esters is 1. The molecule has 0 fully saturated rings. The Bertz CT molecular complexity index is 436. The number of nitrogens with zero attached hydrogens (tertiary/aromatic N) is 1. The summed E-state index contributed by atoms with van der Waals surface area (Å²) in [7, 11) is 1.34. The third-order valence-corrected chi connectivity index (χ3v) is 4.04. The van der Waals surface area contributed by atoms with Gasteiger partial charge in [-0.2, -0.15) is 0 Å². The van der Waals surface area contributed by atoms with Crippen molar-refractivity contribution in [2.24, 2.45) is 0 Å².